The third-order valence-corrected chi connectivity index (χ3v) is 6.77. The summed E-state index contributed by atoms with van der Waals surface area (Å²) in [5.41, 5.74) is 0.262. The third kappa shape index (κ3) is 5.30. The average Bonchev–Trinajstić information content (AvgIpc) is 3.33. The molecule has 0 aliphatic carbocycles. The number of nitrogens with zero attached hydrogens (tertiary/aromatic N) is 3. The molecular formula is C22H23BrClN3O3S. The molecule has 0 N–H and O–H groups in total. The lowest BCUT2D eigenvalue weighted by Gasteiger charge is -2.28. The number of carbonyl (C=O) groups excluding carboxylic acids is 1. The van der Waals surface area contributed by atoms with Gasteiger partial charge >= 0.3 is 6.09 Å². The summed E-state index contributed by atoms with van der Waals surface area (Å²) < 4.78 is 13.5. The van der Waals surface area contributed by atoms with Crippen LogP contribution in [0.2, 0.25) is 5.28 Å². The number of amides is 1. The SMILES string of the molecule is CC(C)(C)OC(=O)N1CCC[C@H]1COc1ccc2sc(-c3nc(Cl)ncc3Br)cc2c1. The second kappa shape index (κ2) is 8.92. The van der Waals surface area contributed by atoms with Crippen molar-refractivity contribution in [2.45, 2.75) is 45.3 Å². The summed E-state index contributed by atoms with van der Waals surface area (Å²) in [5, 5.41) is 1.28. The molecule has 4 rings (SSSR count). The second-order valence-corrected chi connectivity index (χ2v) is 10.7. The number of aromatic nitrogens is 2. The maximum Gasteiger partial charge on any atom is 0.410 e. The van der Waals surface area contributed by atoms with Crippen molar-refractivity contribution in [2.75, 3.05) is 13.2 Å². The van der Waals surface area contributed by atoms with E-state index in [1.165, 1.54) is 0 Å². The van der Waals surface area contributed by atoms with Crippen LogP contribution in [0.3, 0.4) is 0 Å². The van der Waals surface area contributed by atoms with E-state index in [1.54, 1.807) is 22.4 Å². The summed E-state index contributed by atoms with van der Waals surface area (Å²) >= 11 is 11.1. The van der Waals surface area contributed by atoms with Crippen molar-refractivity contribution < 1.29 is 14.3 Å². The van der Waals surface area contributed by atoms with E-state index in [2.05, 4.69) is 32.0 Å². The maximum absolute atomic E-state index is 12.5. The molecule has 0 unspecified atom stereocenters. The molecule has 3 heterocycles. The molecule has 0 spiro atoms. The molecule has 1 amide bonds. The van der Waals surface area contributed by atoms with E-state index in [1.807, 2.05) is 39.0 Å². The highest BCUT2D eigenvalue weighted by Crippen LogP contribution is 2.37. The number of halogens is 2. The number of carbonyl (C=O) groups is 1. The van der Waals surface area contributed by atoms with E-state index in [0.29, 0.717) is 13.2 Å². The molecule has 0 radical (unpaired) electrons. The van der Waals surface area contributed by atoms with Gasteiger partial charge in [-0.05, 0) is 90.8 Å². The van der Waals surface area contributed by atoms with Gasteiger partial charge in [-0.25, -0.2) is 14.8 Å². The van der Waals surface area contributed by atoms with Crippen LogP contribution in [-0.4, -0.2) is 45.8 Å². The summed E-state index contributed by atoms with van der Waals surface area (Å²) in [4.78, 5) is 23.6. The Labute approximate surface area is 198 Å². The molecule has 1 aromatic carbocycles. The lowest BCUT2D eigenvalue weighted by molar-refractivity contribution is 0.0187. The highest BCUT2D eigenvalue weighted by molar-refractivity contribution is 9.10. The molecule has 31 heavy (non-hydrogen) atoms. The summed E-state index contributed by atoms with van der Waals surface area (Å²) in [6.07, 6.45) is 3.25. The Morgan fingerprint density at radius 3 is 2.94 bits per heavy atom. The smallest absolute Gasteiger partial charge is 0.410 e. The molecule has 2 aromatic heterocycles. The van der Waals surface area contributed by atoms with Crippen LogP contribution in [0.4, 0.5) is 4.79 Å². The van der Waals surface area contributed by atoms with Gasteiger partial charge in [0.15, 0.2) is 0 Å². The van der Waals surface area contributed by atoms with Crippen molar-refractivity contribution in [3.63, 3.8) is 0 Å². The van der Waals surface area contributed by atoms with Gasteiger partial charge in [-0.1, -0.05) is 0 Å². The Morgan fingerprint density at radius 1 is 1.35 bits per heavy atom. The minimum absolute atomic E-state index is 0.0164. The molecule has 164 valence electrons. The minimum atomic E-state index is -0.504. The number of fused-ring (bicyclic) bond motifs is 1. The predicted octanol–water partition coefficient (Wildman–Crippen LogP) is 6.55. The average molecular weight is 525 g/mol. The molecule has 6 nitrogen and oxygen atoms in total. The third-order valence-electron chi connectivity index (χ3n) is 4.88. The Kier molecular flexibility index (Phi) is 6.42. The highest BCUT2D eigenvalue weighted by Gasteiger charge is 2.32. The normalized spacial score (nSPS) is 16.7. The number of rotatable bonds is 4. The van der Waals surface area contributed by atoms with Gasteiger partial charge < -0.3 is 14.4 Å². The first-order chi connectivity index (χ1) is 14.7. The molecule has 1 saturated heterocycles. The van der Waals surface area contributed by atoms with Crippen LogP contribution in [0.15, 0.2) is 34.9 Å². The van der Waals surface area contributed by atoms with Crippen LogP contribution in [0.1, 0.15) is 33.6 Å². The maximum atomic E-state index is 12.5. The number of likely N-dealkylation sites (tertiary alicyclic amines) is 1. The van der Waals surface area contributed by atoms with Crippen molar-refractivity contribution in [3.05, 3.63) is 40.2 Å². The minimum Gasteiger partial charge on any atom is -0.491 e. The summed E-state index contributed by atoms with van der Waals surface area (Å²) in [6, 6.07) is 8.09. The first kappa shape index (κ1) is 22.3. The molecule has 0 bridgehead atoms. The number of ether oxygens (including phenoxy) is 2. The fraction of sp³-hybridized carbons (Fsp3) is 0.409. The molecule has 9 heteroatoms. The van der Waals surface area contributed by atoms with E-state index < -0.39 is 5.60 Å². The zero-order valence-electron chi connectivity index (χ0n) is 17.5. The summed E-state index contributed by atoms with van der Waals surface area (Å²) in [7, 11) is 0. The van der Waals surface area contributed by atoms with Gasteiger partial charge in [0.25, 0.3) is 0 Å². The van der Waals surface area contributed by atoms with E-state index in [9.17, 15) is 4.79 Å². The first-order valence-corrected chi connectivity index (χ1v) is 12.0. The molecule has 1 aliphatic heterocycles. The zero-order valence-corrected chi connectivity index (χ0v) is 20.7. The van der Waals surface area contributed by atoms with Crippen molar-refractivity contribution >= 4 is 55.0 Å². The van der Waals surface area contributed by atoms with Crippen LogP contribution in [0.5, 0.6) is 5.75 Å². The number of thiophene rings is 1. The van der Waals surface area contributed by atoms with Crippen molar-refractivity contribution in [1.29, 1.82) is 0 Å². The van der Waals surface area contributed by atoms with Crippen LogP contribution in [-0.2, 0) is 4.74 Å². The number of hydrogen-bond donors (Lipinski definition) is 0. The molecule has 0 saturated carbocycles. The van der Waals surface area contributed by atoms with E-state index in [-0.39, 0.29) is 17.4 Å². The van der Waals surface area contributed by atoms with Crippen molar-refractivity contribution in [1.82, 2.24) is 14.9 Å². The lowest BCUT2D eigenvalue weighted by Crippen LogP contribution is -2.42. The molecule has 1 aliphatic rings. The van der Waals surface area contributed by atoms with Gasteiger partial charge in [0.1, 0.15) is 18.0 Å². The molecular weight excluding hydrogens is 502 g/mol. The van der Waals surface area contributed by atoms with Gasteiger partial charge in [-0.2, -0.15) is 0 Å². The van der Waals surface area contributed by atoms with Gasteiger partial charge in [-0.15, -0.1) is 11.3 Å². The van der Waals surface area contributed by atoms with E-state index in [4.69, 9.17) is 21.1 Å². The standard InChI is InChI=1S/C22H23BrClN3O3S/c1-22(2,3)30-21(28)27-8-4-5-14(27)12-29-15-6-7-17-13(9-15)10-18(31-17)19-16(23)11-25-20(24)26-19/h6-7,9-11,14H,4-5,8,12H2,1-3H3/t14-/m0/s1. The van der Waals surface area contributed by atoms with Crippen LogP contribution in [0.25, 0.3) is 20.7 Å². The second-order valence-electron chi connectivity index (χ2n) is 8.43. The first-order valence-electron chi connectivity index (χ1n) is 10.0. The van der Waals surface area contributed by atoms with Crippen LogP contribution in [0, 0.1) is 0 Å². The van der Waals surface area contributed by atoms with E-state index >= 15 is 0 Å². The summed E-state index contributed by atoms with van der Waals surface area (Å²) in [6.45, 7) is 6.78. The molecule has 3 aromatic rings. The summed E-state index contributed by atoms with van der Waals surface area (Å²) in [5.74, 6) is 0.771. The van der Waals surface area contributed by atoms with Crippen LogP contribution >= 0.6 is 38.9 Å². The van der Waals surface area contributed by atoms with Gasteiger partial charge in [0.2, 0.25) is 5.28 Å². The topological polar surface area (TPSA) is 64.5 Å². The zero-order chi connectivity index (χ0) is 22.2. The Balaban J connectivity index is 1.47. The van der Waals surface area contributed by atoms with Gasteiger partial charge in [0, 0.05) is 17.4 Å². The molecule has 1 atom stereocenters. The molecule has 1 fully saturated rings. The van der Waals surface area contributed by atoms with E-state index in [0.717, 1.165) is 43.7 Å². The number of benzene rings is 1. The highest BCUT2D eigenvalue weighted by atomic mass is 79.9. The largest absolute Gasteiger partial charge is 0.491 e. The fourth-order valence-corrected chi connectivity index (χ4v) is 5.22. The van der Waals surface area contributed by atoms with Crippen molar-refractivity contribution in [3.8, 4) is 16.3 Å². The quantitative estimate of drug-likeness (QED) is 0.362. The fourth-order valence-electron chi connectivity index (χ4n) is 3.51. The van der Waals surface area contributed by atoms with Crippen LogP contribution < -0.4 is 4.74 Å². The lowest BCUT2D eigenvalue weighted by atomic mass is 10.2. The van der Waals surface area contributed by atoms with Crippen molar-refractivity contribution in [2.24, 2.45) is 0 Å². The predicted molar refractivity (Wildman–Crippen MR) is 127 cm³/mol. The Morgan fingerprint density at radius 2 is 2.16 bits per heavy atom. The van der Waals surface area contributed by atoms with Gasteiger partial charge in [-0.3, -0.25) is 0 Å². The monoisotopic (exact) mass is 523 g/mol. The number of hydrogen-bond acceptors (Lipinski definition) is 6. The Bertz CT molecular complexity index is 1120. The Hall–Kier alpha value is -1.90. The van der Waals surface area contributed by atoms with Gasteiger partial charge in [0.05, 0.1) is 21.1 Å².